The first kappa shape index (κ1) is 11.7. The Morgan fingerprint density at radius 3 is 0.676 bits per heavy atom. The number of rotatable bonds is 4. The fourth-order valence-electron chi connectivity index (χ4n) is 53.4. The molecular formula is C33H30Fe3O. The van der Waals surface area contributed by atoms with E-state index in [-0.39, 0.29) is 0 Å². The molecule has 4 heteroatoms. The van der Waals surface area contributed by atoms with Crippen LogP contribution in [0.2, 0.25) is 143 Å². The van der Waals surface area contributed by atoms with Gasteiger partial charge in [-0.2, -0.15) is 0 Å². The summed E-state index contributed by atoms with van der Waals surface area (Å²) in [6.45, 7) is -7.92. The van der Waals surface area contributed by atoms with Crippen LogP contribution < -0.4 is 0 Å². The van der Waals surface area contributed by atoms with Gasteiger partial charge in [-0.3, -0.25) is 0 Å². The van der Waals surface area contributed by atoms with E-state index in [0.29, 0.717) is 5.41 Å². The molecule has 0 N–H and O–H groups in total. The molecule has 30 heterocycles. The van der Waals surface area contributed by atoms with Crippen molar-refractivity contribution in [3.63, 3.8) is 0 Å². The Kier molecular flexibility index (Phi) is 0.260. The predicted molar refractivity (Wildman–Crippen MR) is 122 cm³/mol. The van der Waals surface area contributed by atoms with E-state index in [1.165, 1.54) is 130 Å². The van der Waals surface area contributed by atoms with Crippen LogP contribution in [-0.2, 0) is 24.3 Å². The molecule has 30 rings (SSSR count). The summed E-state index contributed by atoms with van der Waals surface area (Å²) in [5.41, 5.74) is 0.575. The molecule has 3 spiro atoms. The van der Waals surface area contributed by atoms with Crippen molar-refractivity contribution in [2.75, 3.05) is 0 Å². The van der Waals surface area contributed by atoms with Gasteiger partial charge in [0, 0.05) is 0 Å². The Hall–Kier alpha value is 1.23. The van der Waals surface area contributed by atoms with Crippen molar-refractivity contribution in [3.05, 3.63) is 0 Å². The second kappa shape index (κ2) is 0.819. The number of hydrogen-bond donors (Lipinski definition) is 0. The molecule has 30 aliphatic rings. The van der Waals surface area contributed by atoms with Crippen LogP contribution in [0.3, 0.4) is 0 Å². The van der Waals surface area contributed by atoms with E-state index >= 15 is 4.79 Å². The fourth-order valence-corrected chi connectivity index (χ4v) is 280. The summed E-state index contributed by atoms with van der Waals surface area (Å²) in [6.07, 6.45) is 0. The molecule has 12 unspecified atom stereocenters. The van der Waals surface area contributed by atoms with Crippen molar-refractivity contribution in [1.29, 1.82) is 0 Å². The number of fused-ring (bicyclic) bond motifs is 30. The zero-order chi connectivity index (χ0) is 21.1. The summed E-state index contributed by atoms with van der Waals surface area (Å²) in [4.78, 5) is 55.8. The van der Waals surface area contributed by atoms with E-state index in [1.807, 2.05) is 0 Å². The number of Topliss-reactive ketones (excluding diaryl/α,β-unsaturated/α-hetero) is 1. The molecule has 30 saturated heterocycles. The van der Waals surface area contributed by atoms with Gasteiger partial charge in [0.15, 0.2) is 0 Å². The molecule has 30 fully saturated rings. The Bertz CT molecular complexity index is 2840. The van der Waals surface area contributed by atoms with E-state index in [2.05, 4.69) is 6.92 Å². The van der Waals surface area contributed by atoms with Crippen LogP contribution >= 0.6 is 0 Å². The fraction of sp³-hybridized carbons (Fsp3) is 0.970. The molecule has 0 aliphatic carbocycles. The summed E-state index contributed by atoms with van der Waals surface area (Å²) in [5, 5.41) is 0. The molecule has 12 atom stereocenters. The predicted octanol–water partition coefficient (Wildman–Crippen LogP) is 9.84. The number of carbonyl (C=O) groups excluding carboxylic acids is 1. The molecule has 0 aromatic carbocycles. The summed E-state index contributed by atoms with van der Waals surface area (Å²) in [5.74, 6) is 1.15. The van der Waals surface area contributed by atoms with Crippen LogP contribution in [-0.4, -0.2) is 5.78 Å². The first-order chi connectivity index (χ1) is 17.3. The zero-order valence-corrected chi connectivity index (χ0v) is 23.9. The first-order valence-corrected chi connectivity index (χ1v) is 36.3. The molecule has 1 nitrogen and oxygen atoms in total. The third-order valence-electron chi connectivity index (χ3n) is 46.3. The van der Waals surface area contributed by atoms with Crippen molar-refractivity contribution in [1.82, 2.24) is 0 Å². The molecule has 0 aromatic rings. The molecular weight excluding hydrogens is 580 g/mol. The van der Waals surface area contributed by atoms with Gasteiger partial charge in [-0.1, -0.05) is 0 Å². The van der Waals surface area contributed by atoms with E-state index in [4.69, 9.17) is 0 Å². The van der Waals surface area contributed by atoms with Gasteiger partial charge in [0.2, 0.25) is 0 Å². The maximum atomic E-state index is 16.1. The summed E-state index contributed by atoms with van der Waals surface area (Å²) in [7, 11) is 0. The van der Waals surface area contributed by atoms with Crippen LogP contribution in [0, 0.1) is 5.41 Å². The molecule has 37 heavy (non-hydrogen) atoms. The normalized spacial score (nSPS) is 162. The minimum absolute atomic E-state index is 0.575. The van der Waals surface area contributed by atoms with E-state index < -0.39 is 19.5 Å². The van der Waals surface area contributed by atoms with Gasteiger partial charge in [0.25, 0.3) is 0 Å². The van der Waals surface area contributed by atoms with Crippen molar-refractivity contribution >= 4 is 5.78 Å². The third-order valence-corrected chi connectivity index (χ3v) is 174. The monoisotopic (exact) mass is 610 g/mol. The number of ketones is 1. The minimum atomic E-state index is -3.48. The Balaban J connectivity index is 1.05. The number of hydrogen-bond acceptors (Lipinski definition) is 1. The summed E-state index contributed by atoms with van der Waals surface area (Å²) >= 11 is 0. The molecule has 0 bridgehead atoms. The Labute approximate surface area is 184 Å². The van der Waals surface area contributed by atoms with Gasteiger partial charge >= 0.3 is 185 Å². The zero-order valence-electron chi connectivity index (χ0n) is 20.6. The topological polar surface area (TPSA) is 17.1 Å². The summed E-state index contributed by atoms with van der Waals surface area (Å²) in [6, 6.07) is 0. The van der Waals surface area contributed by atoms with Gasteiger partial charge in [-0.05, 0) is 0 Å². The number of carbonyl (C=O) groups is 1. The van der Waals surface area contributed by atoms with Crippen molar-refractivity contribution in [2.24, 2.45) is 5.41 Å². The Morgan fingerprint density at radius 1 is 0.405 bits per heavy atom. The average molecular weight is 610 g/mol. The van der Waals surface area contributed by atoms with Crippen LogP contribution in [0.4, 0.5) is 0 Å². The molecule has 0 amide bonds. The Morgan fingerprint density at radius 2 is 0.595 bits per heavy atom. The second-order valence-corrected chi connectivity index (χ2v) is 101. The standard InChI is InChI=1S/C18H15O.3C5H5.3Fe/c1-14(19)18(15-8-2-3-9-15,16-10-4-5-11-16)17-12-6-7-13-17;3*1-2-4-5-3-1;;;/h2-13H,1H3;3*1-5H;;;. The third kappa shape index (κ3) is 0.102. The quantitative estimate of drug-likeness (QED) is 0.290. The summed E-state index contributed by atoms with van der Waals surface area (Å²) < 4.78 is 2.94. The van der Waals surface area contributed by atoms with Gasteiger partial charge < -0.3 is 0 Å². The van der Waals surface area contributed by atoms with Crippen molar-refractivity contribution in [3.8, 4) is 0 Å². The van der Waals surface area contributed by atoms with Crippen LogP contribution in [0.25, 0.3) is 0 Å². The van der Waals surface area contributed by atoms with Gasteiger partial charge in [-0.25, -0.2) is 0 Å². The molecule has 0 aromatic heterocycles. The second-order valence-electron chi connectivity index (χ2n) is 30.3. The SMILES string of the molecule is CC(=O)C([C]12[CH]3[CH]4[CH]5[CH]1[Fe]45321678[CH]2[CH]1[CH]6[CH]7[CH]28)([C]12[CH]3[CH]4[CH]5[CH]1[Fe]45321678[CH]2[CH]1[CH]6[CH]7[CH]28)[C]12[CH]3[CH]4[CH]5[CH]1[Fe]45321678[CH]2[CH]1[CH]6[CH]7[CH]28. The van der Waals surface area contributed by atoms with Crippen LogP contribution in [0.5, 0.6) is 0 Å². The molecule has 192 valence electrons. The van der Waals surface area contributed by atoms with Gasteiger partial charge in [0.1, 0.15) is 0 Å². The van der Waals surface area contributed by atoms with Gasteiger partial charge in [0.05, 0.1) is 0 Å². The van der Waals surface area contributed by atoms with Crippen LogP contribution in [0.15, 0.2) is 0 Å². The first-order valence-electron chi connectivity index (χ1n) is 17.5. The van der Waals surface area contributed by atoms with Gasteiger partial charge in [-0.15, -0.1) is 0 Å². The van der Waals surface area contributed by atoms with Crippen LogP contribution in [0.1, 0.15) is 6.92 Å². The average Bonchev–Trinajstić information content (AvgIpc) is 3.63. The van der Waals surface area contributed by atoms with E-state index in [0.717, 1.165) is 18.7 Å². The molecule has 30 aliphatic heterocycles. The molecule has 0 radical (unpaired) electrons. The molecule has 0 saturated carbocycles. The van der Waals surface area contributed by atoms with Crippen molar-refractivity contribution in [2.45, 2.75) is 150 Å². The van der Waals surface area contributed by atoms with E-state index in [9.17, 15) is 0 Å². The maximum absolute atomic E-state index is 16.1. The van der Waals surface area contributed by atoms with E-state index in [1.54, 1.807) is 0 Å². The van der Waals surface area contributed by atoms with Crippen molar-refractivity contribution < 1.29 is 24.3 Å².